The molecule has 3 heterocycles. The summed E-state index contributed by atoms with van der Waals surface area (Å²) in [6, 6.07) is 3.79. The molecule has 4 N–H and O–H groups in total. The van der Waals surface area contributed by atoms with Crippen LogP contribution in [0.15, 0.2) is 36.0 Å². The molecule has 0 aliphatic carbocycles. The second-order valence-electron chi connectivity index (χ2n) is 4.50. The lowest BCUT2D eigenvalue weighted by atomic mass is 10.4. The number of thioether (sulfide) groups is 1. The Hall–Kier alpha value is -2.35. The number of imidazole rings is 1. The molecule has 108 valence electrons. The molecule has 0 saturated heterocycles. The lowest BCUT2D eigenvalue weighted by molar-refractivity contribution is 0.696. The highest BCUT2D eigenvalue weighted by atomic mass is 32.2. The summed E-state index contributed by atoms with van der Waals surface area (Å²) in [5, 5.41) is 0.978. The molecule has 0 unspecified atom stereocenters. The number of rotatable bonds is 5. The first-order valence-corrected chi connectivity index (χ1v) is 7.48. The molecule has 8 heteroatoms. The Morgan fingerprint density at radius 1 is 1.10 bits per heavy atom. The van der Waals surface area contributed by atoms with Gasteiger partial charge in [-0.15, -0.1) is 11.8 Å². The molecule has 3 rings (SSSR count). The van der Waals surface area contributed by atoms with Gasteiger partial charge in [-0.25, -0.2) is 19.9 Å². The van der Waals surface area contributed by atoms with Gasteiger partial charge in [-0.1, -0.05) is 0 Å². The number of nitrogens with two attached hydrogens (primary N) is 2. The minimum atomic E-state index is 0.416. The van der Waals surface area contributed by atoms with E-state index >= 15 is 0 Å². The van der Waals surface area contributed by atoms with Crippen molar-refractivity contribution in [3.63, 3.8) is 0 Å². The Bertz CT molecular complexity index is 738. The Balaban J connectivity index is 1.57. The second kappa shape index (κ2) is 5.96. The van der Waals surface area contributed by atoms with Crippen LogP contribution < -0.4 is 11.5 Å². The highest BCUT2D eigenvalue weighted by Gasteiger charge is 2.07. The van der Waals surface area contributed by atoms with Gasteiger partial charge in [0, 0.05) is 12.3 Å². The molecule has 0 fully saturated rings. The lowest BCUT2D eigenvalue weighted by Crippen LogP contribution is -2.00. The molecule has 0 aliphatic heterocycles. The summed E-state index contributed by atoms with van der Waals surface area (Å²) in [7, 11) is 0. The van der Waals surface area contributed by atoms with E-state index < -0.39 is 0 Å². The fourth-order valence-corrected chi connectivity index (χ4v) is 2.73. The summed E-state index contributed by atoms with van der Waals surface area (Å²) in [6.07, 6.45) is 5.86. The molecule has 0 amide bonds. The quantitative estimate of drug-likeness (QED) is 0.544. The maximum Gasteiger partial charge on any atom is 0.165 e. The smallest absolute Gasteiger partial charge is 0.165 e. The summed E-state index contributed by atoms with van der Waals surface area (Å²) in [5.74, 6) is 1.37. The largest absolute Gasteiger partial charge is 0.397 e. The van der Waals surface area contributed by atoms with Crippen LogP contribution in [0.2, 0.25) is 0 Å². The minimum absolute atomic E-state index is 0.416. The van der Waals surface area contributed by atoms with E-state index in [0.29, 0.717) is 17.0 Å². The molecule has 0 spiro atoms. The number of aromatic nitrogens is 5. The first kappa shape index (κ1) is 13.6. The molecule has 3 aromatic rings. The minimum Gasteiger partial charge on any atom is -0.397 e. The molecular formula is C13H15N7S. The van der Waals surface area contributed by atoms with Crippen LogP contribution in [0.4, 0.5) is 11.5 Å². The Morgan fingerprint density at radius 2 is 2.00 bits per heavy atom. The highest BCUT2D eigenvalue weighted by Crippen LogP contribution is 2.18. The predicted octanol–water partition coefficient (Wildman–Crippen LogP) is 1.57. The van der Waals surface area contributed by atoms with Gasteiger partial charge in [-0.05, 0) is 18.6 Å². The van der Waals surface area contributed by atoms with Crippen molar-refractivity contribution >= 4 is 34.4 Å². The molecule has 21 heavy (non-hydrogen) atoms. The van der Waals surface area contributed by atoms with E-state index in [2.05, 4.69) is 19.9 Å². The van der Waals surface area contributed by atoms with Crippen LogP contribution in [-0.2, 0) is 6.54 Å². The third-order valence-corrected chi connectivity index (χ3v) is 4.01. The summed E-state index contributed by atoms with van der Waals surface area (Å²) in [4.78, 5) is 16.7. The number of fused-ring (bicyclic) bond motifs is 1. The number of anilines is 2. The number of hydrogen-bond donors (Lipinski definition) is 2. The van der Waals surface area contributed by atoms with Gasteiger partial charge in [0.25, 0.3) is 0 Å². The first-order chi connectivity index (χ1) is 10.2. The van der Waals surface area contributed by atoms with E-state index in [4.69, 9.17) is 11.5 Å². The topological polar surface area (TPSA) is 109 Å². The van der Waals surface area contributed by atoms with Crippen LogP contribution in [0.3, 0.4) is 0 Å². The van der Waals surface area contributed by atoms with Crippen LogP contribution in [0, 0.1) is 0 Å². The highest BCUT2D eigenvalue weighted by molar-refractivity contribution is 7.99. The van der Waals surface area contributed by atoms with E-state index in [1.165, 1.54) is 6.33 Å². The SMILES string of the molecule is Nc1ccc(SCCCn2cnc3c(N)ncnc32)nc1. The summed E-state index contributed by atoms with van der Waals surface area (Å²) in [5.41, 5.74) is 13.5. The summed E-state index contributed by atoms with van der Waals surface area (Å²) < 4.78 is 1.99. The Labute approximate surface area is 125 Å². The number of pyridine rings is 1. The monoisotopic (exact) mass is 301 g/mol. The van der Waals surface area contributed by atoms with E-state index in [1.807, 2.05) is 16.7 Å². The molecular weight excluding hydrogens is 286 g/mol. The van der Waals surface area contributed by atoms with Crippen molar-refractivity contribution in [3.8, 4) is 0 Å². The Kier molecular flexibility index (Phi) is 3.87. The molecule has 0 aromatic carbocycles. The molecule has 3 aromatic heterocycles. The van der Waals surface area contributed by atoms with E-state index in [1.54, 1.807) is 24.3 Å². The van der Waals surface area contributed by atoms with Crippen LogP contribution in [0.5, 0.6) is 0 Å². The molecule has 0 aliphatic rings. The van der Waals surface area contributed by atoms with E-state index in [0.717, 1.165) is 29.4 Å². The van der Waals surface area contributed by atoms with E-state index in [-0.39, 0.29) is 0 Å². The van der Waals surface area contributed by atoms with Crippen molar-refractivity contribution in [1.82, 2.24) is 24.5 Å². The van der Waals surface area contributed by atoms with Gasteiger partial charge in [0.15, 0.2) is 11.5 Å². The lowest BCUT2D eigenvalue weighted by Gasteiger charge is -2.04. The van der Waals surface area contributed by atoms with Gasteiger partial charge >= 0.3 is 0 Å². The third kappa shape index (κ3) is 3.05. The zero-order valence-electron chi connectivity index (χ0n) is 11.3. The van der Waals surface area contributed by atoms with Gasteiger partial charge < -0.3 is 16.0 Å². The number of nitrogens with zero attached hydrogens (tertiary/aromatic N) is 5. The van der Waals surface area contributed by atoms with Crippen molar-refractivity contribution < 1.29 is 0 Å². The van der Waals surface area contributed by atoms with Gasteiger partial charge in [-0.2, -0.15) is 0 Å². The second-order valence-corrected chi connectivity index (χ2v) is 5.62. The van der Waals surface area contributed by atoms with Gasteiger partial charge in [-0.3, -0.25) is 0 Å². The molecule has 7 nitrogen and oxygen atoms in total. The normalized spacial score (nSPS) is 11.0. The van der Waals surface area contributed by atoms with Crippen LogP contribution in [0.1, 0.15) is 6.42 Å². The van der Waals surface area contributed by atoms with Crippen molar-refractivity contribution in [3.05, 3.63) is 31.0 Å². The fourth-order valence-electron chi connectivity index (χ4n) is 1.95. The number of hydrogen-bond acceptors (Lipinski definition) is 7. The van der Waals surface area contributed by atoms with Gasteiger partial charge in [0.2, 0.25) is 0 Å². The maximum atomic E-state index is 5.76. The standard InChI is InChI=1S/C13H15N7S/c14-9-2-3-10(16-6-9)21-5-1-4-20-8-19-11-12(15)17-7-18-13(11)20/h2-3,6-8H,1,4-5,14H2,(H2,15,17,18). The van der Waals surface area contributed by atoms with Crippen molar-refractivity contribution in [1.29, 1.82) is 0 Å². The van der Waals surface area contributed by atoms with Crippen molar-refractivity contribution in [2.24, 2.45) is 0 Å². The maximum absolute atomic E-state index is 5.76. The molecule has 0 atom stereocenters. The fraction of sp³-hybridized carbons (Fsp3) is 0.231. The third-order valence-electron chi connectivity index (χ3n) is 2.98. The molecule has 0 bridgehead atoms. The summed E-state index contributed by atoms with van der Waals surface area (Å²) in [6.45, 7) is 0.828. The number of nitrogen functional groups attached to an aromatic ring is 2. The predicted molar refractivity (Wildman–Crippen MR) is 83.7 cm³/mol. The van der Waals surface area contributed by atoms with Crippen molar-refractivity contribution in [2.45, 2.75) is 18.0 Å². The average molecular weight is 301 g/mol. The van der Waals surface area contributed by atoms with E-state index in [9.17, 15) is 0 Å². The number of aryl methyl sites for hydroxylation is 1. The first-order valence-electron chi connectivity index (χ1n) is 6.49. The Morgan fingerprint density at radius 3 is 2.81 bits per heavy atom. The van der Waals surface area contributed by atoms with Crippen LogP contribution >= 0.6 is 11.8 Å². The zero-order valence-corrected chi connectivity index (χ0v) is 12.1. The van der Waals surface area contributed by atoms with Gasteiger partial charge in [0.1, 0.15) is 11.8 Å². The van der Waals surface area contributed by atoms with Crippen LogP contribution in [-0.4, -0.2) is 30.3 Å². The molecule has 0 saturated carbocycles. The van der Waals surface area contributed by atoms with Crippen molar-refractivity contribution in [2.75, 3.05) is 17.2 Å². The summed E-state index contributed by atoms with van der Waals surface area (Å²) >= 11 is 1.70. The van der Waals surface area contributed by atoms with Crippen LogP contribution in [0.25, 0.3) is 11.2 Å². The zero-order chi connectivity index (χ0) is 14.7. The average Bonchev–Trinajstić information content (AvgIpc) is 2.90. The molecule has 0 radical (unpaired) electrons. The van der Waals surface area contributed by atoms with Gasteiger partial charge in [0.05, 0.1) is 23.2 Å².